The fourth-order valence-corrected chi connectivity index (χ4v) is 2.19. The summed E-state index contributed by atoms with van der Waals surface area (Å²) in [6.45, 7) is 11.9. The Balaban J connectivity index is 3.04. The molecule has 20 heavy (non-hydrogen) atoms. The Bertz CT molecular complexity index is 472. The van der Waals surface area contributed by atoms with Crippen molar-refractivity contribution >= 4 is 22.0 Å². The van der Waals surface area contributed by atoms with E-state index in [4.69, 9.17) is 4.74 Å². The molecule has 0 saturated heterocycles. The Labute approximate surface area is 131 Å². The highest BCUT2D eigenvalue weighted by atomic mass is 79.9. The molecule has 0 aliphatic rings. The predicted molar refractivity (Wildman–Crippen MR) is 91.3 cm³/mol. The molecule has 1 aromatic rings. The second-order valence-electron chi connectivity index (χ2n) is 6.36. The highest BCUT2D eigenvalue weighted by Gasteiger charge is 2.12. The van der Waals surface area contributed by atoms with Crippen LogP contribution in [0.1, 0.15) is 40.2 Å². The molecule has 0 aliphatic carbocycles. The Morgan fingerprint density at radius 2 is 2.00 bits per heavy atom. The van der Waals surface area contributed by atoms with Gasteiger partial charge in [-0.25, -0.2) is 0 Å². The second-order valence-corrected chi connectivity index (χ2v) is 7.28. The van der Waals surface area contributed by atoms with E-state index in [-0.39, 0.29) is 5.54 Å². The summed E-state index contributed by atoms with van der Waals surface area (Å²) in [7, 11) is 1.71. The van der Waals surface area contributed by atoms with Crippen molar-refractivity contribution in [2.45, 2.75) is 40.2 Å². The average Bonchev–Trinajstić information content (AvgIpc) is 2.33. The third-order valence-electron chi connectivity index (χ3n) is 3.10. The minimum atomic E-state index is 0.120. The summed E-state index contributed by atoms with van der Waals surface area (Å²) >= 11 is 3.52. The lowest BCUT2D eigenvalue weighted by atomic mass is 9.98. The molecule has 1 N–H and O–H groups in total. The third kappa shape index (κ3) is 5.68. The minimum Gasteiger partial charge on any atom is -0.496 e. The van der Waals surface area contributed by atoms with Crippen LogP contribution in [0.15, 0.2) is 28.2 Å². The smallest absolute Gasteiger partial charge is 0.126 e. The van der Waals surface area contributed by atoms with E-state index < -0.39 is 0 Å². The van der Waals surface area contributed by atoms with Crippen LogP contribution in [-0.2, 0) is 0 Å². The lowest BCUT2D eigenvalue weighted by Crippen LogP contribution is -2.37. The summed E-state index contributed by atoms with van der Waals surface area (Å²) in [6.07, 6.45) is 2.23. The van der Waals surface area contributed by atoms with Crippen molar-refractivity contribution in [3.8, 4) is 5.75 Å². The molecule has 0 aliphatic heterocycles. The summed E-state index contributed by atoms with van der Waals surface area (Å²) in [4.78, 5) is 0. The zero-order valence-electron chi connectivity index (χ0n) is 13.4. The standard InChI is InChI=1S/C17H26BrNO/c1-12(2)14(11-19-17(3,4)5)9-13-10-15(18)7-8-16(13)20-6/h7-10,12,19H,11H2,1-6H3. The van der Waals surface area contributed by atoms with Crippen molar-refractivity contribution in [2.24, 2.45) is 5.92 Å². The molecule has 0 bridgehead atoms. The van der Waals surface area contributed by atoms with Gasteiger partial charge in [-0.15, -0.1) is 0 Å². The summed E-state index contributed by atoms with van der Waals surface area (Å²) in [5, 5.41) is 3.55. The van der Waals surface area contributed by atoms with E-state index in [2.05, 4.69) is 68.0 Å². The first-order valence-electron chi connectivity index (χ1n) is 7.02. The molecule has 0 atom stereocenters. The van der Waals surface area contributed by atoms with Gasteiger partial charge in [-0.05, 0) is 44.9 Å². The van der Waals surface area contributed by atoms with Gasteiger partial charge in [-0.2, -0.15) is 0 Å². The molecule has 1 aromatic carbocycles. The molecular weight excluding hydrogens is 314 g/mol. The van der Waals surface area contributed by atoms with Gasteiger partial charge < -0.3 is 10.1 Å². The summed E-state index contributed by atoms with van der Waals surface area (Å²) in [5.41, 5.74) is 2.60. The second kappa shape index (κ2) is 7.28. The van der Waals surface area contributed by atoms with Crippen LogP contribution in [-0.4, -0.2) is 19.2 Å². The maximum Gasteiger partial charge on any atom is 0.126 e. The zero-order chi connectivity index (χ0) is 15.3. The van der Waals surface area contributed by atoms with Crippen LogP contribution >= 0.6 is 15.9 Å². The molecule has 0 aromatic heterocycles. The number of nitrogens with one attached hydrogen (secondary N) is 1. The fourth-order valence-electron chi connectivity index (χ4n) is 1.81. The summed E-state index contributed by atoms with van der Waals surface area (Å²) in [6, 6.07) is 6.09. The molecule has 1 rings (SSSR count). The Hall–Kier alpha value is -0.800. The van der Waals surface area contributed by atoms with Crippen molar-refractivity contribution in [2.75, 3.05) is 13.7 Å². The van der Waals surface area contributed by atoms with E-state index in [1.807, 2.05) is 12.1 Å². The SMILES string of the molecule is COc1ccc(Br)cc1C=C(CNC(C)(C)C)C(C)C. The fraction of sp³-hybridized carbons (Fsp3) is 0.529. The lowest BCUT2D eigenvalue weighted by molar-refractivity contribution is 0.413. The number of hydrogen-bond acceptors (Lipinski definition) is 2. The quantitative estimate of drug-likeness (QED) is 0.824. The van der Waals surface area contributed by atoms with Gasteiger partial charge in [0, 0.05) is 22.1 Å². The van der Waals surface area contributed by atoms with Crippen LogP contribution in [0.25, 0.3) is 6.08 Å². The number of hydrogen-bond donors (Lipinski definition) is 1. The van der Waals surface area contributed by atoms with E-state index in [1.165, 1.54) is 5.57 Å². The van der Waals surface area contributed by atoms with Crippen molar-refractivity contribution in [3.63, 3.8) is 0 Å². The normalized spacial score (nSPS) is 12.9. The van der Waals surface area contributed by atoms with Crippen molar-refractivity contribution in [3.05, 3.63) is 33.8 Å². The third-order valence-corrected chi connectivity index (χ3v) is 3.59. The van der Waals surface area contributed by atoms with Crippen LogP contribution in [0.2, 0.25) is 0 Å². The maximum atomic E-state index is 5.44. The monoisotopic (exact) mass is 339 g/mol. The van der Waals surface area contributed by atoms with Gasteiger partial charge in [0.05, 0.1) is 7.11 Å². The molecule has 112 valence electrons. The molecule has 0 amide bonds. The topological polar surface area (TPSA) is 21.3 Å². The molecule has 0 heterocycles. The first-order chi connectivity index (χ1) is 9.23. The van der Waals surface area contributed by atoms with Gasteiger partial charge in [0.2, 0.25) is 0 Å². The highest BCUT2D eigenvalue weighted by molar-refractivity contribution is 9.10. The van der Waals surface area contributed by atoms with Crippen molar-refractivity contribution in [1.29, 1.82) is 0 Å². The van der Waals surface area contributed by atoms with Gasteiger partial charge in [0.25, 0.3) is 0 Å². The number of halogens is 1. The Morgan fingerprint density at radius 1 is 1.35 bits per heavy atom. The molecule has 0 saturated carbocycles. The highest BCUT2D eigenvalue weighted by Crippen LogP contribution is 2.26. The van der Waals surface area contributed by atoms with E-state index in [0.29, 0.717) is 5.92 Å². The van der Waals surface area contributed by atoms with E-state index in [1.54, 1.807) is 7.11 Å². The zero-order valence-corrected chi connectivity index (χ0v) is 15.0. The molecule has 3 heteroatoms. The van der Waals surface area contributed by atoms with E-state index >= 15 is 0 Å². The largest absolute Gasteiger partial charge is 0.496 e. The van der Waals surface area contributed by atoms with Crippen LogP contribution < -0.4 is 10.1 Å². The molecule has 0 unspecified atom stereocenters. The number of rotatable bonds is 5. The van der Waals surface area contributed by atoms with Gasteiger partial charge in [-0.3, -0.25) is 0 Å². The number of ether oxygens (including phenoxy) is 1. The molecule has 0 radical (unpaired) electrons. The molecular formula is C17H26BrNO. The van der Waals surface area contributed by atoms with Crippen LogP contribution in [0, 0.1) is 5.92 Å². The summed E-state index contributed by atoms with van der Waals surface area (Å²) < 4.78 is 6.51. The van der Waals surface area contributed by atoms with Crippen molar-refractivity contribution < 1.29 is 4.74 Å². The Kier molecular flexibility index (Phi) is 6.28. The van der Waals surface area contributed by atoms with Crippen LogP contribution in [0.5, 0.6) is 5.75 Å². The average molecular weight is 340 g/mol. The summed E-state index contributed by atoms with van der Waals surface area (Å²) in [5.74, 6) is 1.40. The maximum absolute atomic E-state index is 5.44. The first kappa shape index (κ1) is 17.3. The Morgan fingerprint density at radius 3 is 2.50 bits per heavy atom. The molecule has 2 nitrogen and oxygen atoms in total. The van der Waals surface area contributed by atoms with E-state index in [9.17, 15) is 0 Å². The minimum absolute atomic E-state index is 0.120. The van der Waals surface area contributed by atoms with E-state index in [0.717, 1.165) is 22.3 Å². The van der Waals surface area contributed by atoms with Crippen LogP contribution in [0.4, 0.5) is 0 Å². The van der Waals surface area contributed by atoms with Gasteiger partial charge in [0.1, 0.15) is 5.75 Å². The molecule has 0 spiro atoms. The van der Waals surface area contributed by atoms with Gasteiger partial charge in [-0.1, -0.05) is 41.4 Å². The predicted octanol–water partition coefficient (Wildman–Crippen LogP) is 4.89. The first-order valence-corrected chi connectivity index (χ1v) is 7.81. The van der Waals surface area contributed by atoms with Gasteiger partial charge in [0.15, 0.2) is 0 Å². The molecule has 0 fully saturated rings. The number of benzene rings is 1. The van der Waals surface area contributed by atoms with Gasteiger partial charge >= 0.3 is 0 Å². The van der Waals surface area contributed by atoms with Crippen LogP contribution in [0.3, 0.4) is 0 Å². The van der Waals surface area contributed by atoms with Crippen molar-refractivity contribution in [1.82, 2.24) is 5.32 Å². The number of methoxy groups -OCH3 is 1. The lowest BCUT2D eigenvalue weighted by Gasteiger charge is -2.23.